The van der Waals surface area contributed by atoms with Crippen molar-refractivity contribution in [1.29, 1.82) is 0 Å². The van der Waals surface area contributed by atoms with Crippen LogP contribution in [0.1, 0.15) is 6.23 Å². The number of rotatable bonds is 4. The third-order valence-electron chi connectivity index (χ3n) is 5.47. The van der Waals surface area contributed by atoms with Crippen molar-refractivity contribution in [3.63, 3.8) is 0 Å². The Kier molecular flexibility index (Phi) is 4.65. The fraction of sp³-hybridized carbons (Fsp3) is 0.316. The molecule has 0 saturated carbocycles. The Hall–Kier alpha value is -3.81. The van der Waals surface area contributed by atoms with Gasteiger partial charge in [-0.25, -0.2) is 9.97 Å². The van der Waals surface area contributed by atoms with Crippen molar-refractivity contribution in [3.05, 3.63) is 37.1 Å². The first-order valence-corrected chi connectivity index (χ1v) is 9.76. The molecule has 4 aromatic heterocycles. The van der Waals surface area contributed by atoms with Crippen LogP contribution in [0.4, 0.5) is 11.6 Å². The van der Waals surface area contributed by atoms with Gasteiger partial charge in [-0.1, -0.05) is 0 Å². The van der Waals surface area contributed by atoms with Gasteiger partial charge in [-0.15, -0.1) is 0 Å². The summed E-state index contributed by atoms with van der Waals surface area (Å²) in [5.74, 6) is 0.0410. The number of ether oxygens (including phenoxy) is 1. The molecule has 0 aliphatic carbocycles. The number of nitrogens with one attached hydrogen (secondary N) is 1. The molecule has 4 atom stereocenters. The number of fused-ring (bicyclic) bond motifs is 1. The zero-order chi connectivity index (χ0) is 22.6. The van der Waals surface area contributed by atoms with Crippen LogP contribution in [0.5, 0.6) is 0 Å². The first-order valence-electron chi connectivity index (χ1n) is 9.76. The van der Waals surface area contributed by atoms with Crippen molar-refractivity contribution in [2.45, 2.75) is 24.5 Å². The summed E-state index contributed by atoms with van der Waals surface area (Å²) >= 11 is 0. The number of amides is 1. The van der Waals surface area contributed by atoms with Gasteiger partial charge in [-0.3, -0.25) is 14.2 Å². The number of nitrogen functional groups attached to an aromatic ring is 1. The minimum Gasteiger partial charge on any atom is -0.387 e. The first-order chi connectivity index (χ1) is 15.3. The lowest BCUT2D eigenvalue weighted by Crippen LogP contribution is -2.39. The average Bonchev–Trinajstić information content (AvgIpc) is 3.52. The Morgan fingerprint density at radius 1 is 1.22 bits per heavy atom. The molecule has 1 aliphatic rings. The van der Waals surface area contributed by atoms with E-state index in [1.807, 2.05) is 0 Å². The Morgan fingerprint density at radius 2 is 2.03 bits per heavy atom. The first kappa shape index (κ1) is 20.1. The summed E-state index contributed by atoms with van der Waals surface area (Å²) in [6.45, 7) is 0. The molecule has 0 radical (unpaired) electrons. The molecule has 0 bridgehead atoms. The summed E-state index contributed by atoms with van der Waals surface area (Å²) in [5.41, 5.74) is 7.75. The van der Waals surface area contributed by atoms with E-state index in [9.17, 15) is 15.0 Å². The molecule has 0 unspecified atom stereocenters. The number of nitrogens with two attached hydrogens (primary N) is 1. The van der Waals surface area contributed by atoms with E-state index in [0.29, 0.717) is 28.1 Å². The van der Waals surface area contributed by atoms with Crippen LogP contribution in [-0.2, 0) is 23.6 Å². The highest BCUT2D eigenvalue weighted by atomic mass is 16.6. The van der Waals surface area contributed by atoms with Crippen LogP contribution in [0.2, 0.25) is 0 Å². The van der Waals surface area contributed by atoms with Crippen LogP contribution in [0.3, 0.4) is 0 Å². The Morgan fingerprint density at radius 3 is 2.72 bits per heavy atom. The molecular weight excluding hydrogens is 418 g/mol. The quantitative estimate of drug-likeness (QED) is 0.324. The van der Waals surface area contributed by atoms with Crippen molar-refractivity contribution in [3.8, 4) is 11.3 Å². The monoisotopic (exact) mass is 439 g/mol. The summed E-state index contributed by atoms with van der Waals surface area (Å²) in [6.07, 6.45) is 0.974. The Labute approximate surface area is 181 Å². The minimum atomic E-state index is -1.47. The van der Waals surface area contributed by atoms with E-state index in [4.69, 9.17) is 10.5 Å². The maximum Gasteiger partial charge on any atom is 0.257 e. The SMILES string of the molecule is Cn1ccc(-c2cn([C@@H]3O[C@H](C(=O)Nc4ccnn4C)[C@@H](O)[C@H]3O)c3ncnc(N)c23)n1. The number of nitrogens with zero attached hydrogens (tertiary/aromatic N) is 7. The van der Waals surface area contributed by atoms with E-state index in [1.54, 1.807) is 43.3 Å². The summed E-state index contributed by atoms with van der Waals surface area (Å²) in [6, 6.07) is 3.40. The number of aliphatic hydroxyl groups excluding tert-OH is 2. The van der Waals surface area contributed by atoms with Gasteiger partial charge >= 0.3 is 0 Å². The molecule has 32 heavy (non-hydrogen) atoms. The van der Waals surface area contributed by atoms with Crippen LogP contribution in [0.25, 0.3) is 22.3 Å². The topological polar surface area (TPSA) is 171 Å². The number of hydrogen-bond donors (Lipinski definition) is 4. The van der Waals surface area contributed by atoms with Crippen LogP contribution in [0.15, 0.2) is 37.1 Å². The molecule has 0 spiro atoms. The van der Waals surface area contributed by atoms with Crippen molar-refractivity contribution in [1.82, 2.24) is 34.1 Å². The molecule has 5 N–H and O–H groups in total. The second kappa shape index (κ2) is 7.40. The lowest BCUT2D eigenvalue weighted by atomic mass is 10.1. The Bertz CT molecular complexity index is 1310. The van der Waals surface area contributed by atoms with Gasteiger partial charge in [0.05, 0.1) is 17.3 Å². The van der Waals surface area contributed by atoms with Crippen molar-refractivity contribution >= 4 is 28.6 Å². The molecule has 1 saturated heterocycles. The lowest BCUT2D eigenvalue weighted by molar-refractivity contribution is -0.132. The molecule has 1 aliphatic heterocycles. The fourth-order valence-electron chi connectivity index (χ4n) is 3.86. The van der Waals surface area contributed by atoms with E-state index < -0.39 is 30.4 Å². The number of aliphatic hydroxyl groups is 2. The lowest BCUT2D eigenvalue weighted by Gasteiger charge is -2.17. The molecule has 1 fully saturated rings. The molecule has 5 heterocycles. The number of anilines is 2. The number of hydrogen-bond acceptors (Lipinski definition) is 9. The summed E-state index contributed by atoms with van der Waals surface area (Å²) in [5, 5.41) is 32.8. The number of carbonyl (C=O) groups is 1. The van der Waals surface area contributed by atoms with Gasteiger partial charge in [0, 0.05) is 38.1 Å². The molecule has 4 aromatic rings. The highest BCUT2D eigenvalue weighted by molar-refractivity contribution is 6.00. The highest BCUT2D eigenvalue weighted by Gasteiger charge is 2.48. The fourth-order valence-corrected chi connectivity index (χ4v) is 3.86. The predicted octanol–water partition coefficient (Wildman–Crippen LogP) is -0.595. The van der Waals surface area contributed by atoms with Gasteiger partial charge in [0.15, 0.2) is 12.3 Å². The van der Waals surface area contributed by atoms with Crippen molar-refractivity contribution < 1.29 is 19.7 Å². The van der Waals surface area contributed by atoms with Crippen molar-refractivity contribution in [2.24, 2.45) is 14.1 Å². The zero-order valence-electron chi connectivity index (χ0n) is 17.2. The number of carbonyl (C=O) groups excluding carboxylic acids is 1. The van der Waals surface area contributed by atoms with E-state index in [-0.39, 0.29) is 5.82 Å². The van der Waals surface area contributed by atoms with Gasteiger partial charge in [0.25, 0.3) is 5.91 Å². The van der Waals surface area contributed by atoms with Crippen LogP contribution < -0.4 is 11.1 Å². The predicted molar refractivity (Wildman–Crippen MR) is 112 cm³/mol. The van der Waals surface area contributed by atoms with Gasteiger partial charge < -0.3 is 30.6 Å². The average molecular weight is 439 g/mol. The normalized spacial score (nSPS) is 23.1. The number of aromatic nitrogens is 7. The largest absolute Gasteiger partial charge is 0.387 e. The molecule has 5 rings (SSSR count). The standard InChI is InChI=1S/C19H21N9O4/c1-26-6-4-10(25-26)9-7-28(17-12(9)16(20)21-8-22-17)19-14(30)13(29)15(32-19)18(31)24-11-3-5-23-27(11)2/h3-8,13-15,19,29-30H,1-2H3,(H,24,31)(H2,20,21,22)/t13-,14+,15-,19+/m0/s1. The third-order valence-corrected chi connectivity index (χ3v) is 5.47. The molecule has 13 nitrogen and oxygen atoms in total. The highest BCUT2D eigenvalue weighted by Crippen LogP contribution is 2.38. The minimum absolute atomic E-state index is 0.230. The Balaban J connectivity index is 1.52. The van der Waals surface area contributed by atoms with E-state index in [2.05, 4.69) is 25.5 Å². The maximum absolute atomic E-state index is 12.7. The zero-order valence-corrected chi connectivity index (χ0v) is 17.2. The second-order valence-corrected chi connectivity index (χ2v) is 7.54. The summed E-state index contributed by atoms with van der Waals surface area (Å²) < 4.78 is 10.5. The summed E-state index contributed by atoms with van der Waals surface area (Å²) in [4.78, 5) is 21.1. The third kappa shape index (κ3) is 3.10. The molecular formula is C19H21N9O4. The van der Waals surface area contributed by atoms with Gasteiger partial charge in [-0.2, -0.15) is 10.2 Å². The second-order valence-electron chi connectivity index (χ2n) is 7.54. The van der Waals surface area contributed by atoms with E-state index in [0.717, 1.165) is 0 Å². The molecule has 166 valence electrons. The molecule has 13 heteroatoms. The van der Waals surface area contributed by atoms with Crippen molar-refractivity contribution in [2.75, 3.05) is 11.1 Å². The smallest absolute Gasteiger partial charge is 0.257 e. The van der Waals surface area contributed by atoms with Crippen LogP contribution in [0, 0.1) is 0 Å². The van der Waals surface area contributed by atoms with Crippen LogP contribution in [-0.4, -0.2) is 68.5 Å². The van der Waals surface area contributed by atoms with Gasteiger partial charge in [0.2, 0.25) is 0 Å². The van der Waals surface area contributed by atoms with Gasteiger partial charge in [0.1, 0.15) is 35.8 Å². The van der Waals surface area contributed by atoms with E-state index in [1.165, 1.54) is 21.8 Å². The maximum atomic E-state index is 12.7. The molecule has 0 aromatic carbocycles. The van der Waals surface area contributed by atoms with Gasteiger partial charge in [-0.05, 0) is 6.07 Å². The number of aryl methyl sites for hydroxylation is 2. The molecule has 1 amide bonds. The van der Waals surface area contributed by atoms with E-state index >= 15 is 0 Å². The van der Waals surface area contributed by atoms with Crippen LogP contribution >= 0.6 is 0 Å². The summed E-state index contributed by atoms with van der Waals surface area (Å²) in [7, 11) is 3.45.